The molecule has 0 saturated heterocycles. The Morgan fingerprint density at radius 2 is 1.82 bits per heavy atom. The molecule has 0 atom stereocenters. The Hall–Kier alpha value is -4.72. The van der Waals surface area contributed by atoms with Crippen LogP contribution in [0.15, 0.2) is 66.9 Å². The number of fused-ring (bicyclic) bond motifs is 2. The first-order valence-corrected chi connectivity index (χ1v) is 16.2. The van der Waals surface area contributed by atoms with E-state index in [1.807, 2.05) is 48.7 Å². The molecule has 3 heterocycles. The van der Waals surface area contributed by atoms with Crippen LogP contribution in [0.2, 0.25) is 0 Å². The molecule has 45 heavy (non-hydrogen) atoms. The number of imidazole rings is 1. The van der Waals surface area contributed by atoms with Gasteiger partial charge in [0.15, 0.2) is 0 Å². The molecule has 2 aliphatic rings. The van der Waals surface area contributed by atoms with Gasteiger partial charge in [-0.25, -0.2) is 9.78 Å². The molecule has 7 rings (SSSR count). The molecule has 3 aromatic heterocycles. The van der Waals surface area contributed by atoms with Crippen molar-refractivity contribution < 1.29 is 14.7 Å². The highest BCUT2D eigenvalue weighted by Crippen LogP contribution is 2.45. The van der Waals surface area contributed by atoms with Crippen LogP contribution in [-0.2, 0) is 23.9 Å². The number of hydrogen-bond acceptors (Lipinski definition) is 4. The fraction of sp³-hybridized carbons (Fsp3) is 0.351. The lowest BCUT2D eigenvalue weighted by molar-refractivity contribution is -0.131. The highest BCUT2D eigenvalue weighted by Gasteiger charge is 2.41. The minimum atomic E-state index is -0.983. The van der Waals surface area contributed by atoms with Crippen LogP contribution in [0.25, 0.3) is 39.4 Å². The minimum Gasteiger partial charge on any atom is -0.478 e. The number of benzene rings is 2. The summed E-state index contributed by atoms with van der Waals surface area (Å²) in [5.41, 5.74) is 7.16. The molecule has 1 amide bonds. The number of carbonyl (C=O) groups is 2. The molecule has 0 unspecified atom stereocenters. The number of aromatic nitrogens is 4. The highest BCUT2D eigenvalue weighted by molar-refractivity contribution is 6.01. The zero-order chi connectivity index (χ0) is 31.1. The number of nitrogens with zero attached hydrogens (tertiary/aromatic N) is 4. The van der Waals surface area contributed by atoms with Crippen LogP contribution in [0.5, 0.6) is 0 Å². The summed E-state index contributed by atoms with van der Waals surface area (Å²) in [5, 5.41) is 13.8. The van der Waals surface area contributed by atoms with Gasteiger partial charge in [0.1, 0.15) is 5.82 Å². The fourth-order valence-corrected chi connectivity index (χ4v) is 7.82. The summed E-state index contributed by atoms with van der Waals surface area (Å²) in [6, 6.07) is 18.0. The molecule has 0 spiro atoms. The quantitative estimate of drug-likeness (QED) is 0.179. The Labute approximate surface area is 262 Å². The van der Waals surface area contributed by atoms with Gasteiger partial charge in [0, 0.05) is 42.3 Å². The van der Waals surface area contributed by atoms with E-state index in [0.717, 1.165) is 71.1 Å². The van der Waals surface area contributed by atoms with E-state index in [9.17, 15) is 9.59 Å². The summed E-state index contributed by atoms with van der Waals surface area (Å²) in [7, 11) is 2.09. The van der Waals surface area contributed by atoms with Gasteiger partial charge >= 0.3 is 5.97 Å². The van der Waals surface area contributed by atoms with E-state index in [4.69, 9.17) is 15.1 Å². The Balaban J connectivity index is 1.27. The van der Waals surface area contributed by atoms with E-state index in [1.54, 1.807) is 6.08 Å². The number of carbonyl (C=O) groups excluding carboxylic acids is 1. The molecule has 2 saturated carbocycles. The van der Waals surface area contributed by atoms with Gasteiger partial charge in [-0.15, -0.1) is 0 Å². The van der Waals surface area contributed by atoms with Gasteiger partial charge in [0.05, 0.1) is 28.0 Å². The van der Waals surface area contributed by atoms with Crippen LogP contribution in [0.4, 0.5) is 0 Å². The maximum atomic E-state index is 14.1. The summed E-state index contributed by atoms with van der Waals surface area (Å²) < 4.78 is 4.40. The van der Waals surface area contributed by atoms with Crippen molar-refractivity contribution >= 4 is 39.9 Å². The highest BCUT2D eigenvalue weighted by atomic mass is 16.4. The first kappa shape index (κ1) is 29.0. The number of aryl methyl sites for hydroxylation is 2. The monoisotopic (exact) mass is 601 g/mol. The van der Waals surface area contributed by atoms with Gasteiger partial charge in [-0.05, 0) is 92.1 Å². The first-order valence-electron chi connectivity index (χ1n) is 16.2. The maximum absolute atomic E-state index is 14.1. The van der Waals surface area contributed by atoms with Crippen molar-refractivity contribution in [3.8, 4) is 11.4 Å². The van der Waals surface area contributed by atoms with Crippen molar-refractivity contribution in [1.29, 1.82) is 0 Å². The zero-order valence-electron chi connectivity index (χ0n) is 25.9. The van der Waals surface area contributed by atoms with Crippen molar-refractivity contribution in [3.05, 3.63) is 89.4 Å². The van der Waals surface area contributed by atoms with Gasteiger partial charge < -0.3 is 19.6 Å². The van der Waals surface area contributed by atoms with E-state index in [2.05, 4.69) is 40.6 Å². The molecule has 0 aliphatic heterocycles. The summed E-state index contributed by atoms with van der Waals surface area (Å²) in [6.07, 6.45) is 13.1. The predicted molar refractivity (Wildman–Crippen MR) is 177 cm³/mol. The van der Waals surface area contributed by atoms with E-state index in [0.29, 0.717) is 18.0 Å². The molecule has 0 bridgehead atoms. The third-order valence-corrected chi connectivity index (χ3v) is 9.92. The fourth-order valence-electron chi connectivity index (χ4n) is 7.82. The summed E-state index contributed by atoms with van der Waals surface area (Å²) in [6.45, 7) is 2.77. The Kier molecular flexibility index (Phi) is 7.51. The lowest BCUT2D eigenvalue weighted by Crippen LogP contribution is -2.45. The number of amides is 1. The number of nitrogens with one attached hydrogen (secondary N) is 1. The van der Waals surface area contributed by atoms with Crippen LogP contribution in [-0.4, -0.2) is 36.1 Å². The standard InChI is InChI=1S/C37H39N5O3/c1-3-42-31-22-24(14-18-32(43)44)13-17-28(31)39-36(42)37(19-7-8-20-37)40-35(45)26-15-16-27-30(23-26)41(2)34(29-12-6-9-21-38-29)33(27)25-10-4-5-11-25/h6,9,12-18,21-23,25H,3-5,7-8,10-11,19-20H2,1-2H3,(H,40,45)(H,43,44). The van der Waals surface area contributed by atoms with Crippen molar-refractivity contribution in [1.82, 2.24) is 24.4 Å². The normalized spacial score (nSPS) is 16.8. The lowest BCUT2D eigenvalue weighted by Gasteiger charge is -2.30. The van der Waals surface area contributed by atoms with Gasteiger partial charge in [0.25, 0.3) is 5.91 Å². The second-order valence-corrected chi connectivity index (χ2v) is 12.6. The van der Waals surface area contributed by atoms with E-state index in [-0.39, 0.29) is 5.91 Å². The number of aliphatic carboxylic acids is 1. The maximum Gasteiger partial charge on any atom is 0.328 e. The van der Waals surface area contributed by atoms with Crippen molar-refractivity contribution in [3.63, 3.8) is 0 Å². The molecule has 5 aromatic rings. The average Bonchev–Trinajstić information content (AvgIpc) is 3.86. The van der Waals surface area contributed by atoms with Crippen LogP contribution in [0.1, 0.15) is 91.5 Å². The molecule has 2 aliphatic carbocycles. The van der Waals surface area contributed by atoms with Gasteiger partial charge in [0.2, 0.25) is 0 Å². The molecule has 8 nitrogen and oxygen atoms in total. The zero-order valence-corrected chi connectivity index (χ0v) is 25.9. The van der Waals surface area contributed by atoms with Crippen LogP contribution in [0.3, 0.4) is 0 Å². The van der Waals surface area contributed by atoms with Crippen molar-refractivity contribution in [2.75, 3.05) is 0 Å². The molecule has 2 fully saturated rings. The summed E-state index contributed by atoms with van der Waals surface area (Å²) in [5.74, 6) is 0.283. The molecule has 230 valence electrons. The molecule has 2 N–H and O–H groups in total. The Bertz CT molecular complexity index is 1940. The second kappa shape index (κ2) is 11.7. The second-order valence-electron chi connectivity index (χ2n) is 12.6. The largest absolute Gasteiger partial charge is 0.478 e. The third kappa shape index (κ3) is 5.12. The average molecular weight is 602 g/mol. The third-order valence-electron chi connectivity index (χ3n) is 9.92. The lowest BCUT2D eigenvalue weighted by atomic mass is 9.92. The predicted octanol–water partition coefficient (Wildman–Crippen LogP) is 7.56. The van der Waals surface area contributed by atoms with Gasteiger partial charge in [-0.2, -0.15) is 0 Å². The smallest absolute Gasteiger partial charge is 0.328 e. The molecule has 2 aromatic carbocycles. The van der Waals surface area contributed by atoms with Crippen LogP contribution < -0.4 is 5.32 Å². The number of carboxylic acids is 1. The molecule has 0 radical (unpaired) electrons. The molecule has 8 heteroatoms. The van der Waals surface area contributed by atoms with E-state index >= 15 is 0 Å². The Morgan fingerprint density at radius 3 is 2.53 bits per heavy atom. The summed E-state index contributed by atoms with van der Waals surface area (Å²) >= 11 is 0. The van der Waals surface area contributed by atoms with Crippen molar-refractivity contribution in [2.24, 2.45) is 7.05 Å². The molecular weight excluding hydrogens is 562 g/mol. The van der Waals surface area contributed by atoms with Gasteiger partial charge in [-0.3, -0.25) is 9.78 Å². The van der Waals surface area contributed by atoms with Crippen LogP contribution in [0, 0.1) is 0 Å². The topological polar surface area (TPSA) is 102 Å². The SMILES string of the molecule is CCn1c(C2(NC(=O)c3ccc4c(C5CCCC5)c(-c5ccccn5)n(C)c4c3)CCCC2)nc2ccc(C=CC(=O)O)cc21. The number of pyridine rings is 1. The number of hydrogen-bond donors (Lipinski definition) is 2. The molecular formula is C37H39N5O3. The van der Waals surface area contributed by atoms with E-state index < -0.39 is 11.5 Å². The van der Waals surface area contributed by atoms with E-state index in [1.165, 1.54) is 36.6 Å². The minimum absolute atomic E-state index is 0.0957. The van der Waals surface area contributed by atoms with Crippen LogP contribution >= 0.6 is 0 Å². The number of rotatable bonds is 8. The Morgan fingerprint density at radius 1 is 1.02 bits per heavy atom. The number of carboxylic acid groups (broad SMARTS) is 1. The summed E-state index contributed by atoms with van der Waals surface area (Å²) in [4.78, 5) is 35.0. The first-order chi connectivity index (χ1) is 21.9. The van der Waals surface area contributed by atoms with Gasteiger partial charge in [-0.1, -0.05) is 43.9 Å². The van der Waals surface area contributed by atoms with Crippen molar-refractivity contribution in [2.45, 2.75) is 76.3 Å².